The molecule has 2 aromatic carbocycles. The van der Waals surface area contributed by atoms with Gasteiger partial charge in [0.1, 0.15) is 22.9 Å². The van der Waals surface area contributed by atoms with E-state index in [-0.39, 0.29) is 11.3 Å². The van der Waals surface area contributed by atoms with Crippen molar-refractivity contribution in [1.29, 1.82) is 0 Å². The fourth-order valence-electron chi connectivity index (χ4n) is 5.78. The topological polar surface area (TPSA) is 110 Å². The Bertz CT molecular complexity index is 1650. The molecule has 0 atom stereocenters. The molecule has 1 amide bonds. The first-order valence-electron chi connectivity index (χ1n) is 13.4. The number of anilines is 1. The number of nitrogen functional groups attached to an aromatic ring is 1. The number of pyridine rings is 1. The highest BCUT2D eigenvalue weighted by Crippen LogP contribution is 2.51. The van der Waals surface area contributed by atoms with Gasteiger partial charge in [-0.25, -0.2) is 15.0 Å². The number of hydrogen-bond acceptors (Lipinski definition) is 6. The van der Waals surface area contributed by atoms with E-state index in [1.165, 1.54) is 0 Å². The minimum absolute atomic E-state index is 0.00121. The van der Waals surface area contributed by atoms with Gasteiger partial charge in [0.15, 0.2) is 0 Å². The first kappa shape index (κ1) is 25.0. The first-order chi connectivity index (χ1) is 18.9. The van der Waals surface area contributed by atoms with Crippen LogP contribution >= 0.6 is 0 Å². The van der Waals surface area contributed by atoms with Gasteiger partial charge in [-0.1, -0.05) is 55.5 Å². The molecule has 1 fully saturated rings. The molecule has 0 unspecified atom stereocenters. The highest BCUT2D eigenvalue weighted by Gasteiger charge is 2.42. The zero-order valence-electron chi connectivity index (χ0n) is 22.3. The van der Waals surface area contributed by atoms with E-state index in [2.05, 4.69) is 69.4 Å². The molecule has 3 aromatic heterocycles. The van der Waals surface area contributed by atoms with Crippen LogP contribution in [0, 0.1) is 5.41 Å². The molecule has 4 N–H and O–H groups in total. The number of nitrogens with two attached hydrogens (primary N) is 1. The van der Waals surface area contributed by atoms with E-state index >= 15 is 0 Å². The number of hydrogen-bond donors (Lipinski definition) is 3. The molecule has 39 heavy (non-hydrogen) atoms. The van der Waals surface area contributed by atoms with E-state index in [4.69, 9.17) is 15.7 Å². The highest BCUT2D eigenvalue weighted by molar-refractivity contribution is 5.91. The molecule has 0 bridgehead atoms. The molecule has 198 valence electrons. The molecule has 5 aromatic rings. The minimum Gasteiger partial charge on any atom is -0.382 e. The smallest absolute Gasteiger partial charge is 0.216 e. The number of nitrogens with zero attached hydrogens (tertiary/aromatic N) is 4. The maximum Gasteiger partial charge on any atom is 0.216 e. The predicted octanol–water partition coefficient (Wildman–Crippen LogP) is 4.80. The van der Waals surface area contributed by atoms with Gasteiger partial charge in [0.25, 0.3) is 0 Å². The van der Waals surface area contributed by atoms with E-state index in [1.807, 2.05) is 24.4 Å². The molecule has 8 nitrogen and oxygen atoms in total. The summed E-state index contributed by atoms with van der Waals surface area (Å²) in [4.78, 5) is 25.6. The summed E-state index contributed by atoms with van der Waals surface area (Å²) in [7, 11) is 0. The summed E-state index contributed by atoms with van der Waals surface area (Å²) in [6.45, 7) is 6.16. The van der Waals surface area contributed by atoms with E-state index in [1.54, 1.807) is 13.1 Å². The molecule has 8 heteroatoms. The summed E-state index contributed by atoms with van der Waals surface area (Å²) in [5, 5.41) is 7.40. The number of carbonyl (C=O) groups is 1. The largest absolute Gasteiger partial charge is 0.382 e. The van der Waals surface area contributed by atoms with Gasteiger partial charge in [0.05, 0.1) is 11.2 Å². The molecule has 3 heterocycles. The quantitative estimate of drug-likeness (QED) is 0.254. The van der Waals surface area contributed by atoms with Crippen LogP contribution in [-0.2, 0) is 4.79 Å². The van der Waals surface area contributed by atoms with E-state index in [9.17, 15) is 4.79 Å². The lowest BCUT2D eigenvalue weighted by molar-refractivity contribution is -0.118. The van der Waals surface area contributed by atoms with Crippen molar-refractivity contribution in [3.8, 4) is 22.5 Å². The van der Waals surface area contributed by atoms with Crippen molar-refractivity contribution in [3.05, 3.63) is 78.9 Å². The summed E-state index contributed by atoms with van der Waals surface area (Å²) < 4.78 is 2.12. The molecule has 0 aliphatic heterocycles. The zero-order chi connectivity index (χ0) is 27.0. The van der Waals surface area contributed by atoms with Crippen LogP contribution in [0.1, 0.15) is 38.4 Å². The third kappa shape index (κ3) is 4.95. The van der Waals surface area contributed by atoms with Crippen LogP contribution in [0.5, 0.6) is 0 Å². The van der Waals surface area contributed by atoms with Gasteiger partial charge in [-0.2, -0.15) is 0 Å². The molecular formula is C31H33N7O. The Balaban J connectivity index is 1.28. The fraction of sp³-hybridized carbons (Fsp3) is 0.290. The van der Waals surface area contributed by atoms with E-state index < -0.39 is 0 Å². The lowest BCUT2D eigenvalue weighted by atomic mass is 9.63. The molecule has 0 saturated heterocycles. The van der Waals surface area contributed by atoms with Crippen molar-refractivity contribution in [1.82, 2.24) is 30.0 Å². The fourth-order valence-corrected chi connectivity index (χ4v) is 5.78. The number of aromatic nitrogens is 4. The van der Waals surface area contributed by atoms with Crippen LogP contribution in [-0.4, -0.2) is 44.9 Å². The zero-order valence-corrected chi connectivity index (χ0v) is 22.3. The van der Waals surface area contributed by atoms with Gasteiger partial charge in [-0.3, -0.25) is 9.20 Å². The second-order valence-electron chi connectivity index (χ2n) is 10.9. The van der Waals surface area contributed by atoms with Crippen molar-refractivity contribution in [2.45, 2.75) is 32.6 Å². The number of amides is 1. The number of benzene rings is 2. The van der Waals surface area contributed by atoms with Crippen LogP contribution in [0.2, 0.25) is 0 Å². The van der Waals surface area contributed by atoms with Crippen molar-refractivity contribution in [2.24, 2.45) is 5.41 Å². The third-order valence-electron chi connectivity index (χ3n) is 7.72. The van der Waals surface area contributed by atoms with Crippen molar-refractivity contribution >= 4 is 28.1 Å². The average molecular weight is 520 g/mol. The summed E-state index contributed by atoms with van der Waals surface area (Å²) in [6, 6.07) is 20.7. The van der Waals surface area contributed by atoms with Gasteiger partial charge < -0.3 is 16.4 Å². The molecule has 6 rings (SSSR count). The normalized spacial score (nSPS) is 18.8. The average Bonchev–Trinajstić information content (AvgIpc) is 3.32. The first-order valence-corrected chi connectivity index (χ1v) is 13.4. The Labute approximate surface area is 227 Å². The second-order valence-corrected chi connectivity index (χ2v) is 10.9. The number of rotatable bonds is 8. The number of imidazole rings is 1. The van der Waals surface area contributed by atoms with Gasteiger partial charge in [0.2, 0.25) is 5.91 Å². The second kappa shape index (κ2) is 10.1. The summed E-state index contributed by atoms with van der Waals surface area (Å²) in [6.07, 6.45) is 5.76. The Morgan fingerprint density at radius 1 is 1.05 bits per heavy atom. The standard InChI is InChI=1S/C31H33N7O/c1-20(39)34-13-12-33-19-31(2)17-24(18-31)30-37-27(28-29(32)35-14-15-38(28)30)23-9-8-22-10-11-25(36-26(22)16-23)21-6-4-3-5-7-21/h3-11,14-16,24,33H,12-13,17-19H2,1-2H3,(H2,32,35)(H,34,39)/t24-,31+. The third-order valence-corrected chi connectivity index (χ3v) is 7.72. The maximum atomic E-state index is 11.1. The molecule has 1 aliphatic carbocycles. The Morgan fingerprint density at radius 2 is 1.85 bits per heavy atom. The van der Waals surface area contributed by atoms with Crippen LogP contribution < -0.4 is 16.4 Å². The highest BCUT2D eigenvalue weighted by atomic mass is 16.1. The summed E-state index contributed by atoms with van der Waals surface area (Å²) in [5.74, 6) is 1.83. The van der Waals surface area contributed by atoms with Crippen LogP contribution in [0.3, 0.4) is 0 Å². The molecule has 1 aliphatic rings. The Hall–Kier alpha value is -4.30. The Morgan fingerprint density at radius 3 is 2.64 bits per heavy atom. The number of carbonyl (C=O) groups excluding carboxylic acids is 1. The minimum atomic E-state index is 0.00121. The van der Waals surface area contributed by atoms with Gasteiger partial charge >= 0.3 is 0 Å². The lowest BCUT2D eigenvalue weighted by Crippen LogP contribution is -2.43. The number of nitrogens with one attached hydrogen (secondary N) is 2. The van der Waals surface area contributed by atoms with Crippen molar-refractivity contribution in [2.75, 3.05) is 25.4 Å². The van der Waals surface area contributed by atoms with Crippen LogP contribution in [0.4, 0.5) is 5.82 Å². The van der Waals surface area contributed by atoms with Crippen LogP contribution in [0.15, 0.2) is 73.1 Å². The van der Waals surface area contributed by atoms with Gasteiger partial charge in [-0.05, 0) is 30.4 Å². The van der Waals surface area contributed by atoms with E-state index in [0.717, 1.165) is 70.7 Å². The maximum absolute atomic E-state index is 11.1. The Kier molecular flexibility index (Phi) is 6.48. The molecule has 1 saturated carbocycles. The van der Waals surface area contributed by atoms with Crippen molar-refractivity contribution in [3.63, 3.8) is 0 Å². The van der Waals surface area contributed by atoms with Crippen LogP contribution in [0.25, 0.3) is 38.9 Å². The predicted molar refractivity (Wildman–Crippen MR) is 155 cm³/mol. The van der Waals surface area contributed by atoms with E-state index in [0.29, 0.717) is 18.3 Å². The number of fused-ring (bicyclic) bond motifs is 2. The molecular weight excluding hydrogens is 486 g/mol. The summed E-state index contributed by atoms with van der Waals surface area (Å²) >= 11 is 0. The lowest BCUT2D eigenvalue weighted by Gasteiger charge is -2.45. The van der Waals surface area contributed by atoms with Gasteiger partial charge in [0, 0.05) is 61.4 Å². The SMILES string of the molecule is CC(=O)NCCNC[C@]1(C)C[C@H](c2nc(-c3ccc4ccc(-c5ccccc5)nc4c3)c3c(N)nccn32)C1. The van der Waals surface area contributed by atoms with Crippen molar-refractivity contribution < 1.29 is 4.79 Å². The molecule has 0 spiro atoms. The van der Waals surface area contributed by atoms with Gasteiger partial charge in [-0.15, -0.1) is 0 Å². The molecule has 0 radical (unpaired) electrons. The summed E-state index contributed by atoms with van der Waals surface area (Å²) in [5.41, 5.74) is 12.2. The monoisotopic (exact) mass is 519 g/mol.